The van der Waals surface area contributed by atoms with E-state index in [-0.39, 0.29) is 5.91 Å². The zero-order valence-electron chi connectivity index (χ0n) is 15.4. The lowest BCUT2D eigenvalue weighted by Gasteiger charge is -2.32. The molecule has 2 aromatic carbocycles. The molecular formula is C20H26N4O2. The predicted octanol–water partition coefficient (Wildman–Crippen LogP) is 2.28. The zero-order valence-corrected chi connectivity index (χ0v) is 15.4. The van der Waals surface area contributed by atoms with E-state index in [1.807, 2.05) is 18.2 Å². The Morgan fingerprint density at radius 2 is 1.92 bits per heavy atom. The molecule has 1 amide bonds. The quantitative estimate of drug-likeness (QED) is 0.806. The molecule has 1 heterocycles. The number of nitrogens with zero attached hydrogens (tertiary/aromatic N) is 2. The van der Waals surface area contributed by atoms with E-state index < -0.39 is 0 Å². The smallest absolute Gasteiger partial charge is 0.255 e. The van der Waals surface area contributed by atoms with Crippen LogP contribution in [0.1, 0.15) is 15.9 Å². The molecule has 0 aromatic heterocycles. The number of carbonyl (C=O) groups is 1. The fourth-order valence-corrected chi connectivity index (χ4v) is 3.09. The summed E-state index contributed by atoms with van der Waals surface area (Å²) in [6, 6.07) is 13.0. The molecule has 138 valence electrons. The fraction of sp³-hybridized carbons (Fsp3) is 0.350. The summed E-state index contributed by atoms with van der Waals surface area (Å²) in [5.41, 5.74) is 8.84. The van der Waals surface area contributed by atoms with Gasteiger partial charge < -0.3 is 20.7 Å². The van der Waals surface area contributed by atoms with E-state index >= 15 is 0 Å². The molecule has 2 aromatic rings. The van der Waals surface area contributed by atoms with Gasteiger partial charge in [0.15, 0.2) is 0 Å². The van der Waals surface area contributed by atoms with E-state index in [1.165, 1.54) is 0 Å². The average Bonchev–Trinajstić information content (AvgIpc) is 2.64. The van der Waals surface area contributed by atoms with Gasteiger partial charge in [-0.2, -0.15) is 0 Å². The minimum Gasteiger partial charge on any atom is -0.495 e. The Bertz CT molecular complexity index is 770. The number of nitrogen functional groups attached to an aromatic ring is 1. The lowest BCUT2D eigenvalue weighted by Crippen LogP contribution is -2.43. The summed E-state index contributed by atoms with van der Waals surface area (Å²) in [5, 5.41) is 2.89. The van der Waals surface area contributed by atoms with E-state index in [4.69, 9.17) is 10.5 Å². The van der Waals surface area contributed by atoms with Gasteiger partial charge in [-0.1, -0.05) is 12.1 Å². The largest absolute Gasteiger partial charge is 0.495 e. The van der Waals surface area contributed by atoms with Crippen LogP contribution in [0, 0.1) is 0 Å². The molecule has 1 aliphatic rings. The summed E-state index contributed by atoms with van der Waals surface area (Å²) >= 11 is 0. The molecule has 3 N–H and O–H groups in total. The maximum atomic E-state index is 12.6. The molecule has 6 nitrogen and oxygen atoms in total. The summed E-state index contributed by atoms with van der Waals surface area (Å²) in [6.45, 7) is 5.14. The Morgan fingerprint density at radius 3 is 2.62 bits per heavy atom. The molecule has 0 aliphatic carbocycles. The van der Waals surface area contributed by atoms with Gasteiger partial charge in [-0.3, -0.25) is 9.69 Å². The summed E-state index contributed by atoms with van der Waals surface area (Å²) in [5.74, 6) is 0.451. The van der Waals surface area contributed by atoms with Crippen LogP contribution in [0.25, 0.3) is 0 Å². The lowest BCUT2D eigenvalue weighted by atomic mass is 10.1. The zero-order chi connectivity index (χ0) is 18.5. The molecule has 1 saturated heterocycles. The minimum absolute atomic E-state index is 0.144. The number of nitrogens with two attached hydrogens (primary N) is 1. The van der Waals surface area contributed by atoms with Crippen LogP contribution in [-0.2, 0) is 6.54 Å². The van der Waals surface area contributed by atoms with Crippen LogP contribution in [0.3, 0.4) is 0 Å². The SMILES string of the molecule is COc1ccc(NC(=O)c2cccc(CN3CCN(C)CC3)c2)cc1N. The van der Waals surface area contributed by atoms with Crippen LogP contribution in [0.2, 0.25) is 0 Å². The Balaban J connectivity index is 1.65. The van der Waals surface area contributed by atoms with Gasteiger partial charge in [0.05, 0.1) is 12.8 Å². The molecule has 0 radical (unpaired) electrons. The maximum Gasteiger partial charge on any atom is 0.255 e. The molecule has 26 heavy (non-hydrogen) atoms. The topological polar surface area (TPSA) is 70.8 Å². The number of hydrogen-bond acceptors (Lipinski definition) is 5. The van der Waals surface area contributed by atoms with Gasteiger partial charge in [-0.25, -0.2) is 0 Å². The average molecular weight is 354 g/mol. The normalized spacial score (nSPS) is 15.6. The summed E-state index contributed by atoms with van der Waals surface area (Å²) in [6.07, 6.45) is 0. The number of benzene rings is 2. The highest BCUT2D eigenvalue weighted by Gasteiger charge is 2.15. The van der Waals surface area contributed by atoms with Crippen molar-refractivity contribution in [1.29, 1.82) is 0 Å². The number of anilines is 2. The Labute approximate surface area is 154 Å². The Hall–Kier alpha value is -2.57. The molecule has 0 atom stereocenters. The molecule has 0 saturated carbocycles. The first kappa shape index (κ1) is 18.2. The van der Waals surface area contributed by atoms with Crippen LogP contribution in [0.15, 0.2) is 42.5 Å². The van der Waals surface area contributed by atoms with E-state index in [2.05, 4.69) is 28.2 Å². The molecule has 0 bridgehead atoms. The number of ether oxygens (including phenoxy) is 1. The number of amides is 1. The van der Waals surface area contributed by atoms with Crippen molar-refractivity contribution in [3.05, 3.63) is 53.6 Å². The first-order chi connectivity index (χ1) is 12.5. The standard InChI is InChI=1S/C20H26N4O2/c1-23-8-10-24(11-9-23)14-15-4-3-5-16(12-15)20(25)22-17-6-7-19(26-2)18(21)13-17/h3-7,12-13H,8-11,14,21H2,1-2H3,(H,22,25). The second kappa shape index (κ2) is 8.21. The number of hydrogen-bond donors (Lipinski definition) is 2. The highest BCUT2D eigenvalue weighted by Crippen LogP contribution is 2.25. The van der Waals surface area contributed by atoms with Crippen LogP contribution >= 0.6 is 0 Å². The van der Waals surface area contributed by atoms with Crippen LogP contribution < -0.4 is 15.8 Å². The van der Waals surface area contributed by atoms with Crippen LogP contribution in [-0.4, -0.2) is 56.0 Å². The Morgan fingerprint density at radius 1 is 1.15 bits per heavy atom. The first-order valence-corrected chi connectivity index (χ1v) is 8.80. The van der Waals surface area contributed by atoms with Gasteiger partial charge in [0.25, 0.3) is 5.91 Å². The van der Waals surface area contributed by atoms with Crippen molar-refractivity contribution in [3.63, 3.8) is 0 Å². The lowest BCUT2D eigenvalue weighted by molar-refractivity contribution is 0.102. The number of methoxy groups -OCH3 is 1. The van der Waals surface area contributed by atoms with Crippen LogP contribution in [0.4, 0.5) is 11.4 Å². The highest BCUT2D eigenvalue weighted by atomic mass is 16.5. The molecule has 0 spiro atoms. The van der Waals surface area contributed by atoms with Crippen molar-refractivity contribution in [2.24, 2.45) is 0 Å². The van der Waals surface area contributed by atoms with E-state index in [0.29, 0.717) is 22.7 Å². The second-order valence-electron chi connectivity index (χ2n) is 6.69. The van der Waals surface area contributed by atoms with Gasteiger partial charge in [-0.05, 0) is 42.9 Å². The van der Waals surface area contributed by atoms with Crippen molar-refractivity contribution in [2.75, 3.05) is 51.4 Å². The third kappa shape index (κ3) is 4.53. The predicted molar refractivity (Wildman–Crippen MR) is 105 cm³/mol. The van der Waals surface area contributed by atoms with Gasteiger partial charge in [0.2, 0.25) is 0 Å². The third-order valence-corrected chi connectivity index (χ3v) is 4.68. The van der Waals surface area contributed by atoms with Gasteiger partial charge in [0, 0.05) is 44.0 Å². The van der Waals surface area contributed by atoms with Crippen molar-refractivity contribution < 1.29 is 9.53 Å². The molecule has 6 heteroatoms. The maximum absolute atomic E-state index is 12.6. The Kier molecular flexibility index (Phi) is 5.75. The summed E-state index contributed by atoms with van der Waals surface area (Å²) in [7, 11) is 3.71. The van der Waals surface area contributed by atoms with Gasteiger partial charge >= 0.3 is 0 Å². The number of piperazine rings is 1. The number of nitrogens with one attached hydrogen (secondary N) is 1. The number of carbonyl (C=O) groups excluding carboxylic acids is 1. The summed E-state index contributed by atoms with van der Waals surface area (Å²) in [4.78, 5) is 17.3. The van der Waals surface area contributed by atoms with Crippen LogP contribution in [0.5, 0.6) is 5.75 Å². The van der Waals surface area contributed by atoms with Crippen molar-refractivity contribution in [2.45, 2.75) is 6.54 Å². The molecule has 1 aliphatic heterocycles. The molecule has 3 rings (SSSR count). The third-order valence-electron chi connectivity index (χ3n) is 4.68. The highest BCUT2D eigenvalue weighted by molar-refractivity contribution is 6.04. The van der Waals surface area contributed by atoms with Crippen molar-refractivity contribution >= 4 is 17.3 Å². The summed E-state index contributed by atoms with van der Waals surface area (Å²) < 4.78 is 5.14. The van der Waals surface area contributed by atoms with Gasteiger partial charge in [0.1, 0.15) is 5.75 Å². The number of likely N-dealkylation sites (N-methyl/N-ethyl adjacent to an activating group) is 1. The van der Waals surface area contributed by atoms with Crippen molar-refractivity contribution in [1.82, 2.24) is 9.80 Å². The van der Waals surface area contributed by atoms with Crippen molar-refractivity contribution in [3.8, 4) is 5.75 Å². The fourth-order valence-electron chi connectivity index (χ4n) is 3.09. The second-order valence-corrected chi connectivity index (χ2v) is 6.69. The van der Waals surface area contributed by atoms with E-state index in [0.717, 1.165) is 38.3 Å². The molecule has 1 fully saturated rings. The van der Waals surface area contributed by atoms with E-state index in [9.17, 15) is 4.79 Å². The van der Waals surface area contributed by atoms with E-state index in [1.54, 1.807) is 25.3 Å². The first-order valence-electron chi connectivity index (χ1n) is 8.80. The molecular weight excluding hydrogens is 328 g/mol. The number of rotatable bonds is 5. The monoisotopic (exact) mass is 354 g/mol. The molecule has 0 unspecified atom stereocenters. The minimum atomic E-state index is -0.144. The van der Waals surface area contributed by atoms with Gasteiger partial charge in [-0.15, -0.1) is 0 Å².